The summed E-state index contributed by atoms with van der Waals surface area (Å²) in [6.45, 7) is 5.06. The molecule has 0 radical (unpaired) electrons. The molecule has 0 aliphatic carbocycles. The second-order valence-electron chi connectivity index (χ2n) is 3.25. The number of unbranched alkanes of at least 4 members (excludes halogenated alkanes) is 1. The Balaban J connectivity index is 2.82. The third-order valence-electron chi connectivity index (χ3n) is 1.56. The second-order valence-corrected chi connectivity index (χ2v) is 3.25. The fourth-order valence-electron chi connectivity index (χ4n) is 0.849. The van der Waals surface area contributed by atoms with E-state index < -0.39 is 0 Å². The molecule has 0 saturated carbocycles. The van der Waals surface area contributed by atoms with E-state index in [1.54, 1.807) is 0 Å². The molecule has 0 fully saturated rings. The zero-order valence-corrected chi connectivity index (χ0v) is 8.60. The lowest BCUT2D eigenvalue weighted by atomic mass is 10.3. The summed E-state index contributed by atoms with van der Waals surface area (Å²) in [5, 5.41) is 0. The summed E-state index contributed by atoms with van der Waals surface area (Å²) in [5.41, 5.74) is 2.91. The molecule has 0 bridgehead atoms. The van der Waals surface area contributed by atoms with E-state index in [0.29, 0.717) is 0 Å². The van der Waals surface area contributed by atoms with E-state index in [2.05, 4.69) is 31.4 Å². The van der Waals surface area contributed by atoms with Gasteiger partial charge in [-0.2, -0.15) is 0 Å². The molecule has 0 unspecified atom stereocenters. The van der Waals surface area contributed by atoms with E-state index in [-0.39, 0.29) is 0 Å². The van der Waals surface area contributed by atoms with Crippen molar-refractivity contribution in [2.24, 2.45) is 0 Å². The summed E-state index contributed by atoms with van der Waals surface area (Å²) in [6, 6.07) is 0. The average molecular weight is 174 g/mol. The van der Waals surface area contributed by atoms with Gasteiger partial charge in [-0.15, -0.1) is 0 Å². The third kappa shape index (κ3) is 9.88. The summed E-state index contributed by atoms with van der Waals surface area (Å²) in [4.78, 5) is 7.38. The zero-order valence-electron chi connectivity index (χ0n) is 8.60. The summed E-state index contributed by atoms with van der Waals surface area (Å²) in [6.07, 6.45) is 3.47. The lowest BCUT2D eigenvalue weighted by Crippen LogP contribution is -2.17. The highest BCUT2D eigenvalue weighted by Gasteiger charge is 1.90. The van der Waals surface area contributed by atoms with Gasteiger partial charge < -0.3 is 9.74 Å². The van der Waals surface area contributed by atoms with Gasteiger partial charge in [0.1, 0.15) is 0 Å². The van der Waals surface area contributed by atoms with Gasteiger partial charge in [-0.05, 0) is 39.9 Å². The minimum absolute atomic E-state index is 0.827. The molecule has 12 heavy (non-hydrogen) atoms. The molecule has 3 nitrogen and oxygen atoms in total. The summed E-state index contributed by atoms with van der Waals surface area (Å²) >= 11 is 0. The molecule has 3 heteroatoms. The van der Waals surface area contributed by atoms with Crippen LogP contribution in [0.4, 0.5) is 0 Å². The van der Waals surface area contributed by atoms with Crippen LogP contribution in [0.15, 0.2) is 0 Å². The van der Waals surface area contributed by atoms with Crippen molar-refractivity contribution in [3.63, 3.8) is 0 Å². The maximum Gasteiger partial charge on any atom is 0.0682 e. The highest BCUT2D eigenvalue weighted by atomic mass is 16.6. The molecular weight excluding hydrogens is 152 g/mol. The first kappa shape index (κ1) is 11.9. The summed E-state index contributed by atoms with van der Waals surface area (Å²) in [5.74, 6) is 0. The van der Waals surface area contributed by atoms with Gasteiger partial charge in [-0.25, -0.2) is 5.48 Å². The van der Waals surface area contributed by atoms with Crippen LogP contribution < -0.4 is 5.48 Å². The van der Waals surface area contributed by atoms with Crippen LogP contribution in [0.2, 0.25) is 0 Å². The Kier molecular flexibility index (Phi) is 8.88. The van der Waals surface area contributed by atoms with E-state index in [1.807, 2.05) is 0 Å². The Morgan fingerprint density at radius 2 is 2.00 bits per heavy atom. The Labute approximate surface area is 76.0 Å². The lowest BCUT2D eigenvalue weighted by Gasteiger charge is -2.08. The molecule has 0 aromatic carbocycles. The van der Waals surface area contributed by atoms with Crippen LogP contribution >= 0.6 is 0 Å². The smallest absolute Gasteiger partial charge is 0.0682 e. The van der Waals surface area contributed by atoms with E-state index in [1.165, 1.54) is 6.42 Å². The first-order valence-electron chi connectivity index (χ1n) is 4.76. The molecule has 0 aromatic heterocycles. The number of hydrogen-bond acceptors (Lipinski definition) is 3. The number of nitrogens with zero attached hydrogens (tertiary/aromatic N) is 1. The van der Waals surface area contributed by atoms with Crippen molar-refractivity contribution in [3.8, 4) is 0 Å². The molecule has 1 N–H and O–H groups in total. The fourth-order valence-corrected chi connectivity index (χ4v) is 0.849. The lowest BCUT2D eigenvalue weighted by molar-refractivity contribution is 0.0383. The van der Waals surface area contributed by atoms with Gasteiger partial charge >= 0.3 is 0 Å². The van der Waals surface area contributed by atoms with Crippen LogP contribution in [-0.2, 0) is 4.84 Å². The maximum absolute atomic E-state index is 5.19. The van der Waals surface area contributed by atoms with Crippen molar-refractivity contribution in [1.29, 1.82) is 0 Å². The van der Waals surface area contributed by atoms with Gasteiger partial charge in [0.25, 0.3) is 0 Å². The average Bonchev–Trinajstić information content (AvgIpc) is 2.02. The molecule has 0 spiro atoms. The fraction of sp³-hybridized carbons (Fsp3) is 1.00. The largest absolute Gasteiger partial charge is 0.309 e. The van der Waals surface area contributed by atoms with Gasteiger partial charge in [0.05, 0.1) is 6.61 Å². The first-order chi connectivity index (χ1) is 5.77. The maximum atomic E-state index is 5.19. The van der Waals surface area contributed by atoms with Crippen molar-refractivity contribution in [2.75, 3.05) is 33.8 Å². The Hall–Kier alpha value is -0.120. The Morgan fingerprint density at radius 3 is 2.58 bits per heavy atom. The predicted molar refractivity (Wildman–Crippen MR) is 52.0 cm³/mol. The Morgan fingerprint density at radius 1 is 1.25 bits per heavy atom. The zero-order chi connectivity index (χ0) is 9.23. The van der Waals surface area contributed by atoms with Gasteiger partial charge in [-0.1, -0.05) is 6.92 Å². The minimum atomic E-state index is 0.827. The molecule has 74 valence electrons. The van der Waals surface area contributed by atoms with Gasteiger partial charge in [0, 0.05) is 6.54 Å². The van der Waals surface area contributed by atoms with Crippen molar-refractivity contribution in [2.45, 2.75) is 26.2 Å². The first-order valence-corrected chi connectivity index (χ1v) is 4.76. The molecule has 0 atom stereocenters. The van der Waals surface area contributed by atoms with E-state index in [0.717, 1.165) is 32.5 Å². The molecule has 0 aliphatic heterocycles. The van der Waals surface area contributed by atoms with Gasteiger partial charge in [-0.3, -0.25) is 0 Å². The van der Waals surface area contributed by atoms with Crippen LogP contribution in [0, 0.1) is 0 Å². The molecular formula is C9H22N2O. The van der Waals surface area contributed by atoms with E-state index in [9.17, 15) is 0 Å². The second kappa shape index (κ2) is 8.97. The Bertz CT molecular complexity index is 86.6. The highest BCUT2D eigenvalue weighted by Crippen LogP contribution is 1.90. The number of rotatable bonds is 8. The van der Waals surface area contributed by atoms with Crippen molar-refractivity contribution < 1.29 is 4.84 Å². The van der Waals surface area contributed by atoms with E-state index >= 15 is 0 Å². The SMILES string of the molecule is CCCNOCCCCN(C)C. The van der Waals surface area contributed by atoms with Crippen LogP contribution in [-0.4, -0.2) is 38.7 Å². The predicted octanol–water partition coefficient (Wildman–Crippen LogP) is 1.26. The monoisotopic (exact) mass is 174 g/mol. The van der Waals surface area contributed by atoms with Gasteiger partial charge in [0.2, 0.25) is 0 Å². The van der Waals surface area contributed by atoms with E-state index in [4.69, 9.17) is 4.84 Å². The molecule has 0 heterocycles. The third-order valence-corrected chi connectivity index (χ3v) is 1.56. The standard InChI is InChI=1S/C9H22N2O/c1-4-7-10-12-9-6-5-8-11(2)3/h10H,4-9H2,1-3H3. The van der Waals surface area contributed by atoms with Crippen molar-refractivity contribution >= 4 is 0 Å². The normalized spacial score (nSPS) is 11.0. The minimum Gasteiger partial charge on any atom is -0.309 e. The van der Waals surface area contributed by atoms with Gasteiger partial charge in [0.15, 0.2) is 0 Å². The van der Waals surface area contributed by atoms with Crippen LogP contribution in [0.3, 0.4) is 0 Å². The van der Waals surface area contributed by atoms with Crippen LogP contribution in [0.5, 0.6) is 0 Å². The highest BCUT2D eigenvalue weighted by molar-refractivity contribution is 4.43. The van der Waals surface area contributed by atoms with Crippen LogP contribution in [0.1, 0.15) is 26.2 Å². The topological polar surface area (TPSA) is 24.5 Å². The quantitative estimate of drug-likeness (QED) is 0.443. The number of hydroxylamine groups is 1. The van der Waals surface area contributed by atoms with Crippen molar-refractivity contribution in [1.82, 2.24) is 10.4 Å². The number of hydrogen-bond donors (Lipinski definition) is 1. The molecule has 0 rings (SSSR count). The van der Waals surface area contributed by atoms with Crippen LogP contribution in [0.25, 0.3) is 0 Å². The number of nitrogens with one attached hydrogen (secondary N) is 1. The summed E-state index contributed by atoms with van der Waals surface area (Å²) < 4.78 is 0. The molecule has 0 amide bonds. The summed E-state index contributed by atoms with van der Waals surface area (Å²) in [7, 11) is 4.19. The molecule has 0 saturated heterocycles. The molecule has 0 aromatic rings. The van der Waals surface area contributed by atoms with Crippen molar-refractivity contribution in [3.05, 3.63) is 0 Å². The molecule has 0 aliphatic rings.